The molecule has 6 heteroatoms. The van der Waals surface area contributed by atoms with Gasteiger partial charge < -0.3 is 4.74 Å². The van der Waals surface area contributed by atoms with Gasteiger partial charge in [-0.15, -0.1) is 0 Å². The average molecular weight is 222 g/mol. The molecular formula is C8H12F2N2OS. The molecule has 0 aromatic carbocycles. The summed E-state index contributed by atoms with van der Waals surface area (Å²) in [4.78, 5) is 4.09. The van der Waals surface area contributed by atoms with Crippen LogP contribution in [0.25, 0.3) is 0 Å². The van der Waals surface area contributed by atoms with Crippen LogP contribution in [0.3, 0.4) is 0 Å². The summed E-state index contributed by atoms with van der Waals surface area (Å²) in [5, 5.41) is 0. The van der Waals surface area contributed by atoms with Crippen molar-refractivity contribution < 1.29 is 13.5 Å². The lowest BCUT2D eigenvalue weighted by Crippen LogP contribution is -2.05. The zero-order valence-corrected chi connectivity index (χ0v) is 8.64. The molecule has 80 valence electrons. The largest absolute Gasteiger partial charge is 0.380 e. The van der Waals surface area contributed by atoms with Gasteiger partial charge in [0.05, 0.1) is 12.2 Å². The van der Waals surface area contributed by atoms with Gasteiger partial charge >= 0.3 is 0 Å². The molecule has 1 rings (SSSR count). The van der Waals surface area contributed by atoms with Gasteiger partial charge in [0.1, 0.15) is 0 Å². The zero-order valence-electron chi connectivity index (χ0n) is 7.82. The van der Waals surface area contributed by atoms with E-state index in [-0.39, 0.29) is 16.9 Å². The summed E-state index contributed by atoms with van der Waals surface area (Å²) < 4.78 is 32.5. The first-order valence-electron chi connectivity index (χ1n) is 4.16. The Labute approximate surface area is 84.0 Å². The Morgan fingerprint density at radius 1 is 1.64 bits per heavy atom. The molecule has 1 aliphatic heterocycles. The smallest absolute Gasteiger partial charge is 0.266 e. The van der Waals surface area contributed by atoms with Gasteiger partial charge in [-0.1, -0.05) is 10.7 Å². The second kappa shape index (κ2) is 5.98. The minimum atomic E-state index is -1.63. The van der Waals surface area contributed by atoms with Crippen LogP contribution in [0.15, 0.2) is 21.5 Å². The third-order valence-electron chi connectivity index (χ3n) is 1.55. The summed E-state index contributed by atoms with van der Waals surface area (Å²) in [6, 6.07) is 0. The lowest BCUT2D eigenvalue weighted by atomic mass is 10.5. The SMILES string of the molecule is COCC1N=CS(CCC=C(F)F)=N1. The first-order chi connectivity index (χ1) is 6.72. The Kier molecular flexibility index (Phi) is 4.89. The van der Waals surface area contributed by atoms with Crippen molar-refractivity contribution in [1.29, 1.82) is 0 Å². The maximum absolute atomic E-state index is 11.7. The van der Waals surface area contributed by atoms with Crippen molar-refractivity contribution in [1.82, 2.24) is 0 Å². The Bertz CT molecular complexity index is 275. The van der Waals surface area contributed by atoms with Gasteiger partial charge in [0.15, 0.2) is 6.17 Å². The third-order valence-corrected chi connectivity index (χ3v) is 3.09. The van der Waals surface area contributed by atoms with Crippen LogP contribution >= 0.6 is 0 Å². The molecule has 0 fully saturated rings. The normalized spacial score (nSPS) is 24.8. The molecule has 0 spiro atoms. The first kappa shape index (κ1) is 11.5. The van der Waals surface area contributed by atoms with E-state index in [9.17, 15) is 8.78 Å². The second-order valence-electron chi connectivity index (χ2n) is 2.68. The number of aliphatic imine (C=N–C) groups is 1. The van der Waals surface area contributed by atoms with Crippen LogP contribution in [0.4, 0.5) is 8.78 Å². The summed E-state index contributed by atoms with van der Waals surface area (Å²) in [5.41, 5.74) is 1.73. The van der Waals surface area contributed by atoms with Crippen LogP contribution in [0.2, 0.25) is 0 Å². The van der Waals surface area contributed by atoms with Crippen LogP contribution < -0.4 is 0 Å². The van der Waals surface area contributed by atoms with Crippen molar-refractivity contribution in [2.75, 3.05) is 19.5 Å². The molecule has 0 aromatic rings. The van der Waals surface area contributed by atoms with Gasteiger partial charge in [0, 0.05) is 12.9 Å². The van der Waals surface area contributed by atoms with E-state index in [1.807, 2.05) is 0 Å². The van der Waals surface area contributed by atoms with Crippen LogP contribution in [0.5, 0.6) is 0 Å². The zero-order chi connectivity index (χ0) is 10.4. The molecule has 1 heterocycles. The van der Waals surface area contributed by atoms with E-state index in [1.54, 1.807) is 12.7 Å². The van der Waals surface area contributed by atoms with E-state index in [0.717, 1.165) is 6.08 Å². The highest BCUT2D eigenvalue weighted by atomic mass is 32.2. The number of rotatable bonds is 5. The van der Waals surface area contributed by atoms with Crippen LogP contribution in [-0.2, 0) is 15.4 Å². The Balaban J connectivity index is 2.30. The predicted molar refractivity (Wildman–Crippen MR) is 53.7 cm³/mol. The Morgan fingerprint density at radius 2 is 2.43 bits per heavy atom. The fourth-order valence-electron chi connectivity index (χ4n) is 0.968. The molecule has 0 saturated heterocycles. The molecule has 0 aromatic heterocycles. The number of ether oxygens (including phenoxy) is 1. The lowest BCUT2D eigenvalue weighted by Gasteiger charge is -2.00. The van der Waals surface area contributed by atoms with E-state index in [2.05, 4.69) is 9.36 Å². The Morgan fingerprint density at radius 3 is 3.07 bits per heavy atom. The molecule has 0 saturated carbocycles. The van der Waals surface area contributed by atoms with Gasteiger partial charge in [0.2, 0.25) is 0 Å². The fraction of sp³-hybridized carbons (Fsp3) is 0.625. The summed E-state index contributed by atoms with van der Waals surface area (Å²) >= 11 is 0. The highest BCUT2D eigenvalue weighted by Gasteiger charge is 2.09. The van der Waals surface area contributed by atoms with E-state index in [4.69, 9.17) is 4.74 Å². The van der Waals surface area contributed by atoms with E-state index in [0.29, 0.717) is 18.8 Å². The maximum atomic E-state index is 11.7. The highest BCUT2D eigenvalue weighted by molar-refractivity contribution is 8.00. The van der Waals surface area contributed by atoms with Crippen molar-refractivity contribution in [3.05, 3.63) is 12.2 Å². The number of hydrogen-bond donors (Lipinski definition) is 0. The number of hydrogen-bond acceptors (Lipinski definition) is 3. The number of nitrogens with zero attached hydrogens (tertiary/aromatic N) is 2. The Hall–Kier alpha value is -0.620. The summed E-state index contributed by atoms with van der Waals surface area (Å²) in [5.74, 6) is 0.612. The van der Waals surface area contributed by atoms with Crippen molar-refractivity contribution >= 4 is 16.2 Å². The van der Waals surface area contributed by atoms with Crippen LogP contribution in [0.1, 0.15) is 6.42 Å². The molecule has 0 amide bonds. The molecule has 2 unspecified atom stereocenters. The molecule has 14 heavy (non-hydrogen) atoms. The lowest BCUT2D eigenvalue weighted by molar-refractivity contribution is 0.184. The van der Waals surface area contributed by atoms with Crippen molar-refractivity contribution in [3.8, 4) is 0 Å². The van der Waals surface area contributed by atoms with Crippen molar-refractivity contribution in [3.63, 3.8) is 0 Å². The molecule has 0 bridgehead atoms. The van der Waals surface area contributed by atoms with E-state index >= 15 is 0 Å². The standard InChI is InChI=1S/C8H12F2N2OS/c1-13-5-8-11-6-14(12-8)4-2-3-7(9)10/h3,6,8H,2,4-5H2,1H3. The van der Waals surface area contributed by atoms with Gasteiger partial charge in [-0.05, 0) is 12.5 Å². The third kappa shape index (κ3) is 4.06. The van der Waals surface area contributed by atoms with Gasteiger partial charge in [-0.3, -0.25) is 4.99 Å². The predicted octanol–water partition coefficient (Wildman–Crippen LogP) is 1.97. The average Bonchev–Trinajstić information content (AvgIpc) is 2.53. The molecule has 3 nitrogen and oxygen atoms in total. The quantitative estimate of drug-likeness (QED) is 0.700. The topological polar surface area (TPSA) is 34.0 Å². The molecule has 0 radical (unpaired) electrons. The van der Waals surface area contributed by atoms with Crippen molar-refractivity contribution in [2.45, 2.75) is 12.6 Å². The monoisotopic (exact) mass is 222 g/mol. The van der Waals surface area contributed by atoms with Gasteiger partial charge in [0.25, 0.3) is 6.08 Å². The molecule has 0 aliphatic carbocycles. The molecular weight excluding hydrogens is 210 g/mol. The minimum Gasteiger partial charge on any atom is -0.380 e. The fourth-order valence-corrected chi connectivity index (χ4v) is 2.30. The first-order valence-corrected chi connectivity index (χ1v) is 5.58. The molecule has 0 N–H and O–H groups in total. The summed E-state index contributed by atoms with van der Waals surface area (Å²) in [6.07, 6.45) is -0.499. The van der Waals surface area contributed by atoms with E-state index in [1.165, 1.54) is 0 Å². The van der Waals surface area contributed by atoms with E-state index < -0.39 is 6.08 Å². The van der Waals surface area contributed by atoms with Crippen LogP contribution in [-0.4, -0.2) is 31.2 Å². The van der Waals surface area contributed by atoms with Crippen LogP contribution in [0, 0.1) is 0 Å². The maximum Gasteiger partial charge on any atom is 0.266 e. The second-order valence-corrected chi connectivity index (χ2v) is 4.32. The number of allylic oxidation sites excluding steroid dienone is 1. The highest BCUT2D eigenvalue weighted by Crippen LogP contribution is 2.07. The number of methoxy groups -OCH3 is 1. The van der Waals surface area contributed by atoms with Gasteiger partial charge in [-0.25, -0.2) is 4.36 Å². The molecule has 2 atom stereocenters. The van der Waals surface area contributed by atoms with Gasteiger partial charge in [-0.2, -0.15) is 8.78 Å². The summed E-state index contributed by atoms with van der Waals surface area (Å²) in [7, 11) is 1.29. The molecule has 1 aliphatic rings. The summed E-state index contributed by atoms with van der Waals surface area (Å²) in [6.45, 7) is 0.466. The van der Waals surface area contributed by atoms with Crippen molar-refractivity contribution in [2.24, 2.45) is 9.36 Å². The number of halogens is 2. The minimum absolute atomic E-state index is 0.137.